The Balaban J connectivity index is 1.95. The van der Waals surface area contributed by atoms with Crippen molar-refractivity contribution in [2.24, 2.45) is 0 Å². The van der Waals surface area contributed by atoms with Crippen molar-refractivity contribution < 1.29 is 8.78 Å². The smallest absolute Gasteiger partial charge is 0.284 e. The zero-order valence-corrected chi connectivity index (χ0v) is 12.0. The Bertz CT molecular complexity index is 604. The quantitative estimate of drug-likeness (QED) is 0.942. The lowest BCUT2D eigenvalue weighted by Crippen LogP contribution is -2.46. The number of nitrogens with zero attached hydrogens (tertiary/aromatic N) is 5. The molecule has 1 saturated heterocycles. The van der Waals surface area contributed by atoms with Gasteiger partial charge in [-0.05, 0) is 33.2 Å². The highest BCUT2D eigenvalue weighted by atomic mass is 19.3. The second kappa shape index (κ2) is 5.18. The van der Waals surface area contributed by atoms with Crippen LogP contribution in [0.2, 0.25) is 0 Å². The van der Waals surface area contributed by atoms with Gasteiger partial charge in [0.15, 0.2) is 5.69 Å². The van der Waals surface area contributed by atoms with Crippen LogP contribution in [0.5, 0.6) is 0 Å². The van der Waals surface area contributed by atoms with E-state index in [1.807, 2.05) is 0 Å². The number of halogens is 2. The number of rotatable bonds is 3. The number of piperidine rings is 1. The van der Waals surface area contributed by atoms with E-state index < -0.39 is 6.43 Å². The van der Waals surface area contributed by atoms with E-state index in [0.717, 1.165) is 19.4 Å². The molecule has 0 aromatic carbocycles. The lowest BCUT2D eigenvalue weighted by molar-refractivity contribution is 0.142. The largest absolute Gasteiger partial charge is 0.312 e. The van der Waals surface area contributed by atoms with E-state index in [0.29, 0.717) is 5.69 Å². The van der Waals surface area contributed by atoms with E-state index in [2.05, 4.69) is 34.6 Å². The topological polar surface area (TPSA) is 60.6 Å². The number of alkyl halides is 2. The van der Waals surface area contributed by atoms with Gasteiger partial charge in [0.1, 0.15) is 5.69 Å². The molecule has 3 rings (SSSR count). The van der Waals surface area contributed by atoms with E-state index in [4.69, 9.17) is 0 Å². The van der Waals surface area contributed by atoms with Crippen LogP contribution >= 0.6 is 0 Å². The SMILES string of the molecule is CC1(C)CC(n2cc(-n3ccnn3)c(C(F)F)n2)CCN1. The number of nitrogens with one attached hydrogen (secondary N) is 1. The van der Waals surface area contributed by atoms with Gasteiger partial charge in [0.25, 0.3) is 6.43 Å². The molecule has 2 aromatic rings. The third-order valence-electron chi connectivity index (χ3n) is 3.82. The predicted molar refractivity (Wildman–Crippen MR) is 72.5 cm³/mol. The molecule has 0 saturated carbocycles. The molecule has 3 heterocycles. The Morgan fingerprint density at radius 3 is 2.86 bits per heavy atom. The third kappa shape index (κ3) is 2.80. The van der Waals surface area contributed by atoms with Crippen molar-refractivity contribution >= 4 is 0 Å². The van der Waals surface area contributed by atoms with E-state index >= 15 is 0 Å². The molecule has 2 aromatic heterocycles. The minimum atomic E-state index is -2.64. The van der Waals surface area contributed by atoms with Crippen molar-refractivity contribution in [3.05, 3.63) is 24.3 Å². The molecule has 1 N–H and O–H groups in total. The molecule has 8 heteroatoms. The van der Waals surface area contributed by atoms with Gasteiger partial charge in [0, 0.05) is 5.54 Å². The summed E-state index contributed by atoms with van der Waals surface area (Å²) in [4.78, 5) is 0. The molecule has 0 spiro atoms. The van der Waals surface area contributed by atoms with Gasteiger partial charge >= 0.3 is 0 Å². The standard InChI is InChI=1S/C13H18F2N6/c1-13(2)7-9(3-4-16-13)21-8-10(11(18-21)12(14)15)20-6-5-17-19-20/h5-6,8-9,12,16H,3-4,7H2,1-2H3. The zero-order valence-electron chi connectivity index (χ0n) is 12.0. The maximum absolute atomic E-state index is 13.2. The Morgan fingerprint density at radius 1 is 1.43 bits per heavy atom. The van der Waals surface area contributed by atoms with Crippen molar-refractivity contribution in [3.8, 4) is 5.69 Å². The average Bonchev–Trinajstić information content (AvgIpc) is 3.06. The fourth-order valence-electron chi connectivity index (χ4n) is 2.82. The molecule has 1 aliphatic rings. The lowest BCUT2D eigenvalue weighted by Gasteiger charge is -2.36. The Morgan fingerprint density at radius 2 is 2.24 bits per heavy atom. The minimum Gasteiger partial charge on any atom is -0.312 e. The molecule has 0 amide bonds. The molecule has 1 aliphatic heterocycles. The van der Waals surface area contributed by atoms with Crippen LogP contribution < -0.4 is 5.32 Å². The Kier molecular flexibility index (Phi) is 3.48. The second-order valence-electron chi connectivity index (χ2n) is 5.99. The molecule has 114 valence electrons. The van der Waals surface area contributed by atoms with Crippen LogP contribution in [0.3, 0.4) is 0 Å². The first-order valence-corrected chi connectivity index (χ1v) is 6.95. The molecule has 21 heavy (non-hydrogen) atoms. The maximum atomic E-state index is 13.2. The molecule has 6 nitrogen and oxygen atoms in total. The van der Waals surface area contributed by atoms with Crippen molar-refractivity contribution in [2.75, 3.05) is 6.54 Å². The van der Waals surface area contributed by atoms with Gasteiger partial charge in [-0.3, -0.25) is 4.68 Å². The molecule has 1 fully saturated rings. The molecular weight excluding hydrogens is 278 g/mol. The normalized spacial score (nSPS) is 21.9. The lowest BCUT2D eigenvalue weighted by atomic mass is 9.89. The highest BCUT2D eigenvalue weighted by Gasteiger charge is 2.30. The third-order valence-corrected chi connectivity index (χ3v) is 3.82. The highest BCUT2D eigenvalue weighted by molar-refractivity contribution is 5.34. The second-order valence-corrected chi connectivity index (χ2v) is 5.99. The summed E-state index contributed by atoms with van der Waals surface area (Å²) >= 11 is 0. The van der Waals surface area contributed by atoms with Gasteiger partial charge in [0.2, 0.25) is 0 Å². The van der Waals surface area contributed by atoms with Crippen molar-refractivity contribution in [1.82, 2.24) is 30.1 Å². The highest BCUT2D eigenvalue weighted by Crippen LogP contribution is 2.31. The maximum Gasteiger partial charge on any atom is 0.284 e. The number of hydrogen-bond donors (Lipinski definition) is 1. The molecule has 1 atom stereocenters. The Labute approximate surface area is 121 Å². The van der Waals surface area contributed by atoms with E-state index in [-0.39, 0.29) is 17.3 Å². The summed E-state index contributed by atoms with van der Waals surface area (Å²) in [5.41, 5.74) is 0.0171. The van der Waals surface area contributed by atoms with Crippen molar-refractivity contribution in [2.45, 2.75) is 44.7 Å². The summed E-state index contributed by atoms with van der Waals surface area (Å²) in [6.07, 6.45) is 3.71. The summed E-state index contributed by atoms with van der Waals surface area (Å²) in [5.74, 6) is 0. The minimum absolute atomic E-state index is 0.0206. The van der Waals surface area contributed by atoms with Crippen LogP contribution in [0.15, 0.2) is 18.6 Å². The van der Waals surface area contributed by atoms with E-state index in [1.165, 1.54) is 10.9 Å². The summed E-state index contributed by atoms with van der Waals surface area (Å²) in [7, 11) is 0. The van der Waals surface area contributed by atoms with Crippen molar-refractivity contribution in [3.63, 3.8) is 0 Å². The predicted octanol–water partition coefficient (Wildman–Crippen LogP) is 2.10. The molecule has 0 aliphatic carbocycles. The van der Waals surface area contributed by atoms with Gasteiger partial charge in [-0.15, -0.1) is 5.10 Å². The summed E-state index contributed by atoms with van der Waals surface area (Å²) in [5, 5.41) is 15.0. The fourth-order valence-corrected chi connectivity index (χ4v) is 2.82. The van der Waals surface area contributed by atoms with Crippen LogP contribution in [-0.2, 0) is 0 Å². The van der Waals surface area contributed by atoms with Crippen LogP contribution in [-0.4, -0.2) is 36.9 Å². The van der Waals surface area contributed by atoms with Gasteiger partial charge in [-0.2, -0.15) is 5.10 Å². The first-order chi connectivity index (χ1) is 9.96. The molecular formula is C13H18F2N6. The molecule has 0 bridgehead atoms. The van der Waals surface area contributed by atoms with Gasteiger partial charge in [-0.1, -0.05) is 5.21 Å². The average molecular weight is 296 g/mol. The monoisotopic (exact) mass is 296 g/mol. The van der Waals surface area contributed by atoms with E-state index in [9.17, 15) is 8.78 Å². The summed E-state index contributed by atoms with van der Waals surface area (Å²) in [6, 6.07) is 0.107. The van der Waals surface area contributed by atoms with Gasteiger partial charge < -0.3 is 5.32 Å². The fraction of sp³-hybridized carbons (Fsp3) is 0.615. The zero-order chi connectivity index (χ0) is 15.0. The molecule has 0 radical (unpaired) electrons. The first-order valence-electron chi connectivity index (χ1n) is 6.95. The van der Waals surface area contributed by atoms with Gasteiger partial charge in [0.05, 0.1) is 24.6 Å². The van der Waals surface area contributed by atoms with Crippen molar-refractivity contribution in [1.29, 1.82) is 0 Å². The number of hydrogen-bond acceptors (Lipinski definition) is 4. The first kappa shape index (κ1) is 14.1. The Hall–Kier alpha value is -1.83. The number of aromatic nitrogens is 5. The van der Waals surface area contributed by atoms with Crippen LogP contribution in [0.1, 0.15) is 44.9 Å². The van der Waals surface area contributed by atoms with Crippen LogP contribution in [0, 0.1) is 0 Å². The van der Waals surface area contributed by atoms with Crippen LogP contribution in [0.25, 0.3) is 5.69 Å². The molecule has 1 unspecified atom stereocenters. The summed E-state index contributed by atoms with van der Waals surface area (Å²) < 4.78 is 29.4. The van der Waals surface area contributed by atoms with E-state index in [1.54, 1.807) is 17.1 Å². The van der Waals surface area contributed by atoms with Gasteiger partial charge in [-0.25, -0.2) is 13.5 Å². The van der Waals surface area contributed by atoms with Crippen LogP contribution in [0.4, 0.5) is 8.78 Å². The summed E-state index contributed by atoms with van der Waals surface area (Å²) in [6.45, 7) is 5.06.